The average Bonchev–Trinajstić information content (AvgIpc) is 2.98. The van der Waals surface area contributed by atoms with Crippen molar-refractivity contribution in [1.82, 2.24) is 10.2 Å². The molecule has 1 aliphatic rings. The third-order valence-corrected chi connectivity index (χ3v) is 5.80. The van der Waals surface area contributed by atoms with Crippen LogP contribution in [0.15, 0.2) is 51.8 Å². The Bertz CT molecular complexity index is 1050. The summed E-state index contributed by atoms with van der Waals surface area (Å²) in [5, 5.41) is 2.44. The summed E-state index contributed by atoms with van der Waals surface area (Å²) in [5.41, 5.74) is 0.814. The van der Waals surface area contributed by atoms with Crippen LogP contribution >= 0.6 is 39.3 Å². The standard InChI is InChI=1S/C20H14BrClF2N2O4S/c21-12-3-6-15(22)14(10-12)17(27)25-7-8-26-18(28)16(31-20(26)29)9-11-1-4-13(5-2-11)30-19(23)24/h1-6,9-10,19H,7-8H2,(H,25,27)/b16-9-. The molecule has 31 heavy (non-hydrogen) atoms. The van der Waals surface area contributed by atoms with Crippen LogP contribution in [0.5, 0.6) is 5.75 Å². The van der Waals surface area contributed by atoms with Gasteiger partial charge in [-0.2, -0.15) is 8.78 Å². The molecule has 11 heteroatoms. The fraction of sp³-hybridized carbons (Fsp3) is 0.150. The highest BCUT2D eigenvalue weighted by Gasteiger charge is 2.34. The Labute approximate surface area is 193 Å². The first-order valence-corrected chi connectivity index (χ1v) is 10.8. The lowest BCUT2D eigenvalue weighted by Gasteiger charge is -2.13. The molecule has 162 valence electrons. The van der Waals surface area contributed by atoms with Gasteiger partial charge in [0.05, 0.1) is 15.5 Å². The van der Waals surface area contributed by atoms with Gasteiger partial charge in [-0.05, 0) is 53.7 Å². The van der Waals surface area contributed by atoms with E-state index in [9.17, 15) is 23.2 Å². The zero-order chi connectivity index (χ0) is 22.5. The maximum atomic E-state index is 12.5. The minimum Gasteiger partial charge on any atom is -0.435 e. The fourth-order valence-electron chi connectivity index (χ4n) is 2.64. The summed E-state index contributed by atoms with van der Waals surface area (Å²) >= 11 is 10.0. The molecule has 0 aliphatic carbocycles. The molecule has 1 fully saturated rings. The van der Waals surface area contributed by atoms with Crippen LogP contribution in [-0.2, 0) is 4.79 Å². The zero-order valence-corrected chi connectivity index (χ0v) is 18.8. The lowest BCUT2D eigenvalue weighted by Crippen LogP contribution is -2.37. The Kier molecular flexibility index (Phi) is 7.69. The number of nitrogens with zero attached hydrogens (tertiary/aromatic N) is 1. The molecular formula is C20H14BrClF2N2O4S. The molecule has 2 aromatic rings. The van der Waals surface area contributed by atoms with Gasteiger partial charge in [0.2, 0.25) is 0 Å². The molecule has 0 bridgehead atoms. The van der Waals surface area contributed by atoms with Crippen molar-refractivity contribution >= 4 is 62.4 Å². The summed E-state index contributed by atoms with van der Waals surface area (Å²) in [6.07, 6.45) is 1.48. The van der Waals surface area contributed by atoms with E-state index >= 15 is 0 Å². The highest BCUT2D eigenvalue weighted by molar-refractivity contribution is 9.10. The maximum absolute atomic E-state index is 12.5. The second-order valence-electron chi connectivity index (χ2n) is 6.16. The maximum Gasteiger partial charge on any atom is 0.387 e. The van der Waals surface area contributed by atoms with Crippen LogP contribution in [0, 0.1) is 0 Å². The van der Waals surface area contributed by atoms with E-state index in [0.29, 0.717) is 10.0 Å². The molecule has 0 aromatic heterocycles. The second kappa shape index (κ2) is 10.3. The number of imide groups is 1. The number of nitrogens with one attached hydrogen (secondary N) is 1. The van der Waals surface area contributed by atoms with Crippen molar-refractivity contribution in [3.05, 3.63) is 68.0 Å². The van der Waals surface area contributed by atoms with Crippen LogP contribution in [-0.4, -0.2) is 41.7 Å². The number of hydrogen-bond acceptors (Lipinski definition) is 5. The Morgan fingerprint density at radius 3 is 2.61 bits per heavy atom. The van der Waals surface area contributed by atoms with E-state index < -0.39 is 23.7 Å². The number of ether oxygens (including phenoxy) is 1. The Balaban J connectivity index is 1.59. The van der Waals surface area contributed by atoms with E-state index in [0.717, 1.165) is 16.7 Å². The minimum absolute atomic E-state index is 0.0125. The van der Waals surface area contributed by atoms with Gasteiger partial charge in [0.25, 0.3) is 17.1 Å². The Morgan fingerprint density at radius 1 is 1.23 bits per heavy atom. The minimum atomic E-state index is -2.93. The summed E-state index contributed by atoms with van der Waals surface area (Å²) in [6, 6.07) is 10.5. The molecule has 1 heterocycles. The molecule has 1 saturated heterocycles. The van der Waals surface area contributed by atoms with E-state index in [1.165, 1.54) is 30.3 Å². The molecule has 0 radical (unpaired) electrons. The molecule has 0 unspecified atom stereocenters. The van der Waals surface area contributed by atoms with E-state index in [1.807, 2.05) is 0 Å². The predicted molar refractivity (Wildman–Crippen MR) is 117 cm³/mol. The number of benzene rings is 2. The number of carbonyl (C=O) groups excluding carboxylic acids is 3. The number of amides is 3. The molecule has 1 N–H and O–H groups in total. The number of thioether (sulfide) groups is 1. The average molecular weight is 532 g/mol. The first-order valence-electron chi connectivity index (χ1n) is 8.78. The SMILES string of the molecule is O=C(NCCN1C(=O)S/C(=C\c2ccc(OC(F)F)cc2)C1=O)c1cc(Br)ccc1Cl. The fourth-order valence-corrected chi connectivity index (χ4v) is 4.07. The van der Waals surface area contributed by atoms with Crippen LogP contribution in [0.25, 0.3) is 6.08 Å². The Morgan fingerprint density at radius 2 is 1.94 bits per heavy atom. The number of halogens is 4. The van der Waals surface area contributed by atoms with Gasteiger partial charge in [0.15, 0.2) is 0 Å². The van der Waals surface area contributed by atoms with Crippen LogP contribution in [0.3, 0.4) is 0 Å². The van der Waals surface area contributed by atoms with Crippen molar-refractivity contribution in [3.8, 4) is 5.75 Å². The molecule has 2 aromatic carbocycles. The van der Waals surface area contributed by atoms with E-state index in [4.69, 9.17) is 11.6 Å². The van der Waals surface area contributed by atoms with Gasteiger partial charge in [-0.25, -0.2) is 0 Å². The first kappa shape index (κ1) is 23.2. The van der Waals surface area contributed by atoms with Crippen molar-refractivity contribution < 1.29 is 27.9 Å². The van der Waals surface area contributed by atoms with E-state index in [1.54, 1.807) is 18.2 Å². The largest absolute Gasteiger partial charge is 0.435 e. The molecule has 6 nitrogen and oxygen atoms in total. The number of hydrogen-bond donors (Lipinski definition) is 1. The predicted octanol–water partition coefficient (Wildman–Crippen LogP) is 5.17. The topological polar surface area (TPSA) is 75.7 Å². The summed E-state index contributed by atoms with van der Waals surface area (Å²) in [5.74, 6) is -0.945. The third kappa shape index (κ3) is 6.05. The molecule has 3 rings (SSSR count). The van der Waals surface area contributed by atoms with Gasteiger partial charge < -0.3 is 10.1 Å². The molecule has 3 amide bonds. The van der Waals surface area contributed by atoms with Crippen molar-refractivity contribution in [2.24, 2.45) is 0 Å². The van der Waals surface area contributed by atoms with Crippen LogP contribution in [0.1, 0.15) is 15.9 Å². The monoisotopic (exact) mass is 530 g/mol. The smallest absolute Gasteiger partial charge is 0.387 e. The van der Waals surface area contributed by atoms with Gasteiger partial charge in [-0.3, -0.25) is 19.3 Å². The van der Waals surface area contributed by atoms with Crippen LogP contribution < -0.4 is 10.1 Å². The Hall–Kier alpha value is -2.43. The first-order chi connectivity index (χ1) is 14.7. The number of alkyl halides is 2. The lowest BCUT2D eigenvalue weighted by atomic mass is 10.2. The summed E-state index contributed by atoms with van der Waals surface area (Å²) in [4.78, 5) is 38.2. The van der Waals surface area contributed by atoms with Gasteiger partial charge in [0, 0.05) is 17.6 Å². The highest BCUT2D eigenvalue weighted by Crippen LogP contribution is 2.32. The van der Waals surface area contributed by atoms with Gasteiger partial charge in [0.1, 0.15) is 5.75 Å². The van der Waals surface area contributed by atoms with Crippen LogP contribution in [0.2, 0.25) is 5.02 Å². The highest BCUT2D eigenvalue weighted by atomic mass is 79.9. The van der Waals surface area contributed by atoms with Gasteiger partial charge in [-0.1, -0.05) is 39.7 Å². The summed E-state index contributed by atoms with van der Waals surface area (Å²) in [6.45, 7) is -2.89. The molecule has 1 aliphatic heterocycles. The van der Waals surface area contributed by atoms with Gasteiger partial charge in [-0.15, -0.1) is 0 Å². The second-order valence-corrected chi connectivity index (χ2v) is 8.48. The number of rotatable bonds is 7. The summed E-state index contributed by atoms with van der Waals surface area (Å²) < 4.78 is 29.4. The number of carbonyl (C=O) groups is 3. The molecule has 0 spiro atoms. The zero-order valence-electron chi connectivity index (χ0n) is 15.6. The third-order valence-electron chi connectivity index (χ3n) is 4.07. The van der Waals surface area contributed by atoms with Crippen LogP contribution in [0.4, 0.5) is 13.6 Å². The van der Waals surface area contributed by atoms with Crippen molar-refractivity contribution in [2.45, 2.75) is 6.61 Å². The van der Waals surface area contributed by atoms with Gasteiger partial charge >= 0.3 is 6.61 Å². The molecule has 0 atom stereocenters. The normalized spacial score (nSPS) is 15.1. The van der Waals surface area contributed by atoms with Crippen molar-refractivity contribution in [2.75, 3.05) is 13.1 Å². The molecular weight excluding hydrogens is 518 g/mol. The van der Waals surface area contributed by atoms with Crippen molar-refractivity contribution in [3.63, 3.8) is 0 Å². The molecule has 0 saturated carbocycles. The summed E-state index contributed by atoms with van der Waals surface area (Å²) in [7, 11) is 0. The quantitative estimate of drug-likeness (QED) is 0.499. The lowest BCUT2D eigenvalue weighted by molar-refractivity contribution is -0.122. The van der Waals surface area contributed by atoms with Crippen molar-refractivity contribution in [1.29, 1.82) is 0 Å². The van der Waals surface area contributed by atoms with E-state index in [-0.39, 0.29) is 34.3 Å². The van der Waals surface area contributed by atoms with E-state index in [2.05, 4.69) is 26.0 Å².